The Morgan fingerprint density at radius 1 is 1.25 bits per heavy atom. The van der Waals surface area contributed by atoms with E-state index in [0.717, 1.165) is 12.2 Å². The van der Waals surface area contributed by atoms with Crippen molar-refractivity contribution in [2.45, 2.75) is 36.3 Å². The van der Waals surface area contributed by atoms with E-state index in [4.69, 9.17) is 0 Å². The normalized spacial score (nSPS) is 24.6. The van der Waals surface area contributed by atoms with Gasteiger partial charge < -0.3 is 5.32 Å². The zero-order valence-electron chi connectivity index (χ0n) is 11.9. The Kier molecular flexibility index (Phi) is 6.18. The van der Waals surface area contributed by atoms with Gasteiger partial charge in [-0.15, -0.1) is 0 Å². The molecule has 0 aromatic heterocycles. The number of thioether (sulfide) groups is 2. The molecule has 1 aliphatic rings. The molecule has 1 aromatic carbocycles. The molecule has 5 heteroatoms. The number of halogens is 2. The second kappa shape index (κ2) is 7.66. The minimum absolute atomic E-state index is 0.101. The molecule has 1 saturated heterocycles. The lowest BCUT2D eigenvalue weighted by molar-refractivity contribution is 0.482. The fourth-order valence-electron chi connectivity index (χ4n) is 2.64. The lowest BCUT2D eigenvalue weighted by Gasteiger charge is -2.36. The van der Waals surface area contributed by atoms with Gasteiger partial charge in [0.2, 0.25) is 0 Å². The molecule has 20 heavy (non-hydrogen) atoms. The predicted octanol–water partition coefficient (Wildman–Crippen LogP) is 3.72. The van der Waals surface area contributed by atoms with E-state index in [-0.39, 0.29) is 11.6 Å². The van der Waals surface area contributed by atoms with Gasteiger partial charge in [-0.3, -0.25) is 0 Å². The van der Waals surface area contributed by atoms with Crippen LogP contribution < -0.4 is 5.32 Å². The highest BCUT2D eigenvalue weighted by molar-refractivity contribution is 8.07. The molecule has 3 atom stereocenters. The summed E-state index contributed by atoms with van der Waals surface area (Å²) in [6.07, 6.45) is 1.50. The summed E-state index contributed by atoms with van der Waals surface area (Å²) in [5.41, 5.74) is 0.206. The molecule has 1 aliphatic heterocycles. The van der Waals surface area contributed by atoms with Crippen LogP contribution in [0.25, 0.3) is 0 Å². The van der Waals surface area contributed by atoms with E-state index in [1.807, 2.05) is 30.6 Å². The van der Waals surface area contributed by atoms with E-state index >= 15 is 0 Å². The average Bonchev–Trinajstić information content (AvgIpc) is 2.47. The molecule has 1 heterocycles. The van der Waals surface area contributed by atoms with E-state index in [2.05, 4.69) is 12.2 Å². The van der Waals surface area contributed by atoms with Gasteiger partial charge in [0.1, 0.15) is 11.6 Å². The van der Waals surface area contributed by atoms with Gasteiger partial charge in [0.15, 0.2) is 0 Å². The standard InChI is InChI=1S/C15H21F2NS2/c1-3-14-15(20-8-7-19-14)13(18-2)9-10-11(16)5-4-6-12(10)17/h4-6,13-15,18H,3,7-9H2,1-2H3. The second-order valence-electron chi connectivity index (χ2n) is 4.95. The van der Waals surface area contributed by atoms with Gasteiger partial charge in [-0.25, -0.2) is 8.78 Å². The molecule has 0 radical (unpaired) electrons. The Morgan fingerprint density at radius 2 is 1.90 bits per heavy atom. The summed E-state index contributed by atoms with van der Waals surface area (Å²) < 4.78 is 27.6. The van der Waals surface area contributed by atoms with Crippen LogP contribution >= 0.6 is 23.5 Å². The Hall–Kier alpha value is -0.260. The van der Waals surface area contributed by atoms with Crippen LogP contribution in [0.4, 0.5) is 8.78 Å². The van der Waals surface area contributed by atoms with E-state index in [0.29, 0.717) is 16.9 Å². The van der Waals surface area contributed by atoms with Crippen molar-refractivity contribution in [3.8, 4) is 0 Å². The molecular formula is C15H21F2NS2. The summed E-state index contributed by atoms with van der Waals surface area (Å²) >= 11 is 3.92. The molecule has 2 rings (SSSR count). The Balaban J connectivity index is 2.15. The Bertz CT molecular complexity index is 422. The number of benzene rings is 1. The maximum absolute atomic E-state index is 13.8. The zero-order valence-corrected chi connectivity index (χ0v) is 13.5. The van der Waals surface area contributed by atoms with Crippen LogP contribution in [0.5, 0.6) is 0 Å². The van der Waals surface area contributed by atoms with Crippen molar-refractivity contribution in [2.75, 3.05) is 18.6 Å². The van der Waals surface area contributed by atoms with Crippen molar-refractivity contribution in [1.29, 1.82) is 0 Å². The molecule has 0 bridgehead atoms. The SMILES string of the molecule is CCC1SCCSC1C(Cc1c(F)cccc1F)NC. The highest BCUT2D eigenvalue weighted by Gasteiger charge is 2.32. The third-order valence-electron chi connectivity index (χ3n) is 3.75. The average molecular weight is 317 g/mol. The molecule has 112 valence electrons. The van der Waals surface area contributed by atoms with E-state index < -0.39 is 11.6 Å². The topological polar surface area (TPSA) is 12.0 Å². The van der Waals surface area contributed by atoms with E-state index in [1.165, 1.54) is 24.0 Å². The van der Waals surface area contributed by atoms with Gasteiger partial charge in [0.05, 0.1) is 0 Å². The smallest absolute Gasteiger partial charge is 0.129 e. The predicted molar refractivity (Wildman–Crippen MR) is 85.7 cm³/mol. The number of rotatable bonds is 5. The van der Waals surface area contributed by atoms with Gasteiger partial charge in [0, 0.05) is 33.6 Å². The van der Waals surface area contributed by atoms with E-state index in [9.17, 15) is 8.78 Å². The molecule has 0 aliphatic carbocycles. The molecule has 0 amide bonds. The Labute approximate surface area is 128 Å². The monoisotopic (exact) mass is 317 g/mol. The molecule has 3 unspecified atom stereocenters. The van der Waals surface area contributed by atoms with Crippen LogP contribution in [0.15, 0.2) is 18.2 Å². The minimum Gasteiger partial charge on any atom is -0.316 e. The Morgan fingerprint density at radius 3 is 2.50 bits per heavy atom. The summed E-state index contributed by atoms with van der Waals surface area (Å²) in [5.74, 6) is 1.41. The third-order valence-corrected chi connectivity index (χ3v) is 7.15. The van der Waals surface area contributed by atoms with Crippen LogP contribution in [0, 0.1) is 11.6 Å². The lowest BCUT2D eigenvalue weighted by Crippen LogP contribution is -2.45. The van der Waals surface area contributed by atoms with Crippen LogP contribution in [-0.2, 0) is 6.42 Å². The van der Waals surface area contributed by atoms with Crippen molar-refractivity contribution in [3.63, 3.8) is 0 Å². The first kappa shape index (κ1) is 16.1. The van der Waals surface area contributed by atoms with Crippen molar-refractivity contribution in [1.82, 2.24) is 5.32 Å². The van der Waals surface area contributed by atoms with Crippen LogP contribution in [-0.4, -0.2) is 35.1 Å². The van der Waals surface area contributed by atoms with Crippen molar-refractivity contribution in [3.05, 3.63) is 35.4 Å². The first-order chi connectivity index (χ1) is 9.67. The summed E-state index contributed by atoms with van der Waals surface area (Å²) in [6.45, 7) is 2.19. The molecular weight excluding hydrogens is 296 g/mol. The van der Waals surface area contributed by atoms with Crippen molar-refractivity contribution in [2.24, 2.45) is 0 Å². The summed E-state index contributed by atoms with van der Waals surface area (Å²) in [6, 6.07) is 4.20. The second-order valence-corrected chi connectivity index (χ2v) is 7.59. The first-order valence-corrected chi connectivity index (χ1v) is 9.10. The highest BCUT2D eigenvalue weighted by Crippen LogP contribution is 2.36. The number of nitrogens with one attached hydrogen (secondary N) is 1. The molecule has 1 nitrogen and oxygen atoms in total. The van der Waals surface area contributed by atoms with Crippen molar-refractivity contribution >= 4 is 23.5 Å². The largest absolute Gasteiger partial charge is 0.316 e. The molecule has 0 saturated carbocycles. The lowest BCUT2D eigenvalue weighted by atomic mass is 9.99. The zero-order chi connectivity index (χ0) is 14.5. The summed E-state index contributed by atoms with van der Waals surface area (Å²) in [7, 11) is 1.88. The van der Waals surface area contributed by atoms with Crippen LogP contribution in [0.1, 0.15) is 18.9 Å². The van der Waals surface area contributed by atoms with Gasteiger partial charge in [-0.2, -0.15) is 23.5 Å². The van der Waals surface area contributed by atoms with Gasteiger partial charge >= 0.3 is 0 Å². The van der Waals surface area contributed by atoms with Crippen LogP contribution in [0.2, 0.25) is 0 Å². The minimum atomic E-state index is -0.438. The quantitative estimate of drug-likeness (QED) is 0.889. The van der Waals surface area contributed by atoms with Crippen molar-refractivity contribution < 1.29 is 8.78 Å². The van der Waals surface area contributed by atoms with Gasteiger partial charge in [-0.05, 0) is 32.0 Å². The molecule has 0 spiro atoms. The fourth-order valence-corrected chi connectivity index (χ4v) is 5.94. The highest BCUT2D eigenvalue weighted by atomic mass is 32.2. The fraction of sp³-hybridized carbons (Fsp3) is 0.600. The number of hydrogen-bond donors (Lipinski definition) is 1. The van der Waals surface area contributed by atoms with Crippen LogP contribution in [0.3, 0.4) is 0 Å². The number of likely N-dealkylation sites (N-methyl/N-ethyl adjacent to an activating group) is 1. The number of hydrogen-bond acceptors (Lipinski definition) is 3. The molecule has 1 aromatic rings. The maximum atomic E-state index is 13.8. The maximum Gasteiger partial charge on any atom is 0.129 e. The third kappa shape index (κ3) is 3.68. The summed E-state index contributed by atoms with van der Waals surface area (Å²) in [4.78, 5) is 0. The van der Waals surface area contributed by atoms with Gasteiger partial charge in [-0.1, -0.05) is 13.0 Å². The first-order valence-electron chi connectivity index (χ1n) is 7.00. The van der Waals surface area contributed by atoms with E-state index in [1.54, 1.807) is 0 Å². The molecule has 1 fully saturated rings. The van der Waals surface area contributed by atoms with Gasteiger partial charge in [0.25, 0.3) is 0 Å². The molecule has 1 N–H and O–H groups in total. The summed E-state index contributed by atoms with van der Waals surface area (Å²) in [5, 5.41) is 4.23.